The monoisotopic (exact) mass is 322 g/mol. The number of amides is 1. The molecule has 23 heavy (non-hydrogen) atoms. The molecule has 2 aromatic carbocycles. The molecule has 0 bridgehead atoms. The van der Waals surface area contributed by atoms with Crippen molar-refractivity contribution in [1.82, 2.24) is 9.47 Å². The van der Waals surface area contributed by atoms with Crippen molar-refractivity contribution in [2.45, 2.75) is 11.9 Å². The summed E-state index contributed by atoms with van der Waals surface area (Å²) in [6.07, 6.45) is 2.17. The summed E-state index contributed by atoms with van der Waals surface area (Å²) >= 11 is 1.72. The van der Waals surface area contributed by atoms with Gasteiger partial charge in [0, 0.05) is 36.3 Å². The normalized spacial score (nSPS) is 18.0. The van der Waals surface area contributed by atoms with E-state index in [1.165, 1.54) is 22.0 Å². The number of nitrogens with zero attached hydrogens (tertiary/aromatic N) is 2. The van der Waals surface area contributed by atoms with Gasteiger partial charge >= 0.3 is 0 Å². The summed E-state index contributed by atoms with van der Waals surface area (Å²) in [5, 5.41) is 1.33. The number of benzene rings is 2. The van der Waals surface area contributed by atoms with Crippen LogP contribution in [-0.4, -0.2) is 21.1 Å². The predicted molar refractivity (Wildman–Crippen MR) is 95.1 cm³/mol. The molecule has 4 rings (SSSR count). The summed E-state index contributed by atoms with van der Waals surface area (Å²) in [5.41, 5.74) is 3.62. The van der Waals surface area contributed by atoms with Crippen LogP contribution in [0.3, 0.4) is 0 Å². The van der Waals surface area contributed by atoms with Crippen LogP contribution in [0, 0.1) is 0 Å². The van der Waals surface area contributed by atoms with Crippen molar-refractivity contribution >= 4 is 28.6 Å². The van der Waals surface area contributed by atoms with E-state index in [0.29, 0.717) is 12.3 Å². The van der Waals surface area contributed by atoms with Crippen molar-refractivity contribution in [3.8, 4) is 0 Å². The zero-order chi connectivity index (χ0) is 15.8. The topological polar surface area (TPSA) is 25.2 Å². The van der Waals surface area contributed by atoms with E-state index in [1.807, 2.05) is 23.1 Å². The second-order valence-corrected chi connectivity index (χ2v) is 6.95. The molecular formula is C19H18N2OS. The molecule has 0 spiro atoms. The van der Waals surface area contributed by atoms with Crippen LogP contribution in [0.2, 0.25) is 0 Å². The van der Waals surface area contributed by atoms with E-state index in [0.717, 1.165) is 0 Å². The first-order valence-corrected chi connectivity index (χ1v) is 8.78. The SMILES string of the molecule is Cn1cc(C2SCC(=O)N2Cc2ccccc2)c2ccccc21. The van der Waals surface area contributed by atoms with Crippen molar-refractivity contribution in [2.24, 2.45) is 7.05 Å². The van der Waals surface area contributed by atoms with Gasteiger partial charge in [-0.05, 0) is 11.6 Å². The van der Waals surface area contributed by atoms with E-state index in [9.17, 15) is 4.79 Å². The Labute approximate surface area is 139 Å². The smallest absolute Gasteiger partial charge is 0.234 e. The van der Waals surface area contributed by atoms with Crippen LogP contribution in [0.15, 0.2) is 60.8 Å². The summed E-state index contributed by atoms with van der Waals surface area (Å²) in [7, 11) is 2.06. The highest BCUT2D eigenvalue weighted by molar-refractivity contribution is 8.00. The van der Waals surface area contributed by atoms with Crippen molar-refractivity contribution in [3.05, 3.63) is 71.9 Å². The number of aromatic nitrogens is 1. The van der Waals surface area contributed by atoms with Crippen LogP contribution < -0.4 is 0 Å². The molecule has 1 aromatic heterocycles. The molecule has 4 heteroatoms. The lowest BCUT2D eigenvalue weighted by atomic mass is 10.1. The Bertz CT molecular complexity index is 856. The third-order valence-electron chi connectivity index (χ3n) is 4.36. The van der Waals surface area contributed by atoms with Gasteiger partial charge in [0.25, 0.3) is 0 Å². The number of para-hydroxylation sites is 1. The maximum absolute atomic E-state index is 12.4. The first-order valence-electron chi connectivity index (χ1n) is 7.73. The summed E-state index contributed by atoms with van der Waals surface area (Å²) in [5.74, 6) is 0.776. The van der Waals surface area contributed by atoms with Crippen LogP contribution >= 0.6 is 11.8 Å². The lowest BCUT2D eigenvalue weighted by molar-refractivity contribution is -0.128. The maximum Gasteiger partial charge on any atom is 0.234 e. The Kier molecular flexibility index (Phi) is 3.62. The second-order valence-electron chi connectivity index (χ2n) is 5.88. The van der Waals surface area contributed by atoms with Crippen molar-refractivity contribution in [1.29, 1.82) is 0 Å². The van der Waals surface area contributed by atoms with Crippen LogP contribution in [0.25, 0.3) is 10.9 Å². The fraction of sp³-hybridized carbons (Fsp3) is 0.211. The Hall–Kier alpha value is -2.20. The first kappa shape index (κ1) is 14.4. The van der Waals surface area contributed by atoms with Crippen molar-refractivity contribution < 1.29 is 4.79 Å². The molecule has 1 fully saturated rings. The highest BCUT2D eigenvalue weighted by Crippen LogP contribution is 2.42. The molecule has 3 nitrogen and oxygen atoms in total. The van der Waals surface area contributed by atoms with E-state index in [2.05, 4.69) is 54.2 Å². The number of carbonyl (C=O) groups excluding carboxylic acids is 1. The number of fused-ring (bicyclic) bond motifs is 1. The number of hydrogen-bond donors (Lipinski definition) is 0. The van der Waals surface area contributed by atoms with Gasteiger partial charge in [-0.1, -0.05) is 48.5 Å². The molecule has 116 valence electrons. The summed E-state index contributed by atoms with van der Waals surface area (Å²) in [6.45, 7) is 0.667. The van der Waals surface area contributed by atoms with Gasteiger partial charge in [0.2, 0.25) is 5.91 Å². The van der Waals surface area contributed by atoms with Gasteiger partial charge in [0.15, 0.2) is 0 Å². The third-order valence-corrected chi connectivity index (χ3v) is 5.60. The number of rotatable bonds is 3. The average Bonchev–Trinajstić information content (AvgIpc) is 3.10. The molecule has 0 N–H and O–H groups in total. The van der Waals surface area contributed by atoms with Gasteiger partial charge in [-0.2, -0.15) is 0 Å². The zero-order valence-corrected chi connectivity index (χ0v) is 13.8. The average molecular weight is 322 g/mol. The highest BCUT2D eigenvalue weighted by Gasteiger charge is 2.34. The molecule has 0 radical (unpaired) electrons. The van der Waals surface area contributed by atoms with Gasteiger partial charge < -0.3 is 9.47 Å². The lowest BCUT2D eigenvalue weighted by Crippen LogP contribution is -2.27. The largest absolute Gasteiger partial charge is 0.350 e. The lowest BCUT2D eigenvalue weighted by Gasteiger charge is -2.24. The van der Waals surface area contributed by atoms with Gasteiger partial charge in [-0.3, -0.25) is 4.79 Å². The first-order chi connectivity index (χ1) is 11.2. The quantitative estimate of drug-likeness (QED) is 0.729. The minimum atomic E-state index is 0.0915. The van der Waals surface area contributed by atoms with Crippen molar-refractivity contribution in [3.63, 3.8) is 0 Å². The van der Waals surface area contributed by atoms with Gasteiger partial charge in [0.1, 0.15) is 5.37 Å². The molecule has 3 aromatic rings. The van der Waals surface area contributed by atoms with Crippen LogP contribution in [0.4, 0.5) is 0 Å². The Morgan fingerprint density at radius 2 is 1.83 bits per heavy atom. The third kappa shape index (κ3) is 2.53. The standard InChI is InChI=1S/C19H18N2OS/c1-20-12-16(15-9-5-6-10-17(15)20)19-21(18(22)13-23-19)11-14-7-3-2-4-8-14/h2-10,12,19H,11,13H2,1H3. The fourth-order valence-corrected chi connectivity index (χ4v) is 4.44. The minimum Gasteiger partial charge on any atom is -0.350 e. The van der Waals surface area contributed by atoms with Gasteiger partial charge in [-0.15, -0.1) is 11.8 Å². The van der Waals surface area contributed by atoms with Gasteiger partial charge in [0.05, 0.1) is 5.75 Å². The Morgan fingerprint density at radius 1 is 1.09 bits per heavy atom. The van der Waals surface area contributed by atoms with Crippen LogP contribution in [0.1, 0.15) is 16.5 Å². The Morgan fingerprint density at radius 3 is 2.65 bits per heavy atom. The fourth-order valence-electron chi connectivity index (χ4n) is 3.23. The highest BCUT2D eigenvalue weighted by atomic mass is 32.2. The molecule has 2 heterocycles. The molecule has 0 aliphatic carbocycles. The number of hydrogen-bond acceptors (Lipinski definition) is 2. The van der Waals surface area contributed by atoms with Gasteiger partial charge in [-0.25, -0.2) is 0 Å². The van der Waals surface area contributed by atoms with E-state index in [-0.39, 0.29) is 11.3 Å². The summed E-state index contributed by atoms with van der Waals surface area (Å²) < 4.78 is 2.15. The molecule has 1 aliphatic rings. The second kappa shape index (κ2) is 5.78. The summed E-state index contributed by atoms with van der Waals surface area (Å²) in [6, 6.07) is 18.6. The maximum atomic E-state index is 12.4. The van der Waals surface area contributed by atoms with E-state index in [4.69, 9.17) is 0 Å². The molecule has 1 amide bonds. The summed E-state index contributed by atoms with van der Waals surface area (Å²) in [4.78, 5) is 14.4. The number of aryl methyl sites for hydroxylation is 1. The number of carbonyl (C=O) groups is 1. The van der Waals surface area contributed by atoms with E-state index < -0.39 is 0 Å². The Balaban J connectivity index is 1.73. The van der Waals surface area contributed by atoms with Crippen LogP contribution in [0.5, 0.6) is 0 Å². The van der Waals surface area contributed by atoms with E-state index in [1.54, 1.807) is 11.8 Å². The molecule has 1 aliphatic heterocycles. The molecular weight excluding hydrogens is 304 g/mol. The molecule has 1 unspecified atom stereocenters. The molecule has 1 atom stereocenters. The predicted octanol–water partition coefficient (Wildman–Crippen LogP) is 3.95. The zero-order valence-electron chi connectivity index (χ0n) is 13.0. The van der Waals surface area contributed by atoms with Crippen molar-refractivity contribution in [2.75, 3.05) is 5.75 Å². The van der Waals surface area contributed by atoms with Crippen LogP contribution in [-0.2, 0) is 18.4 Å². The minimum absolute atomic E-state index is 0.0915. The van der Waals surface area contributed by atoms with E-state index >= 15 is 0 Å². The number of thioether (sulfide) groups is 1. The molecule has 1 saturated heterocycles. The molecule has 0 saturated carbocycles.